The minimum absolute atomic E-state index is 0.851. The highest BCUT2D eigenvalue weighted by molar-refractivity contribution is 7.13. The molecule has 6 rings (SSSR count). The van der Waals surface area contributed by atoms with Gasteiger partial charge in [-0.15, -0.1) is 11.3 Å². The number of fused-ring (bicyclic) bond motifs is 2. The SMILES string of the molecule is COc1ccc2[nH]c(C)c(-c3csc(-c4cn(CCN5CCCCC5)c5cc(OC)ccc45)n3)c2c1. The van der Waals surface area contributed by atoms with E-state index in [9.17, 15) is 0 Å². The van der Waals surface area contributed by atoms with Crippen LogP contribution in [0.3, 0.4) is 0 Å². The molecule has 36 heavy (non-hydrogen) atoms. The molecule has 0 unspecified atom stereocenters. The number of benzene rings is 2. The lowest BCUT2D eigenvalue weighted by molar-refractivity contribution is 0.221. The van der Waals surface area contributed by atoms with Crippen molar-refractivity contribution in [3.05, 3.63) is 53.7 Å². The van der Waals surface area contributed by atoms with E-state index in [1.165, 1.54) is 48.8 Å². The predicted octanol–water partition coefficient (Wildman–Crippen LogP) is 6.72. The fourth-order valence-corrected chi connectivity index (χ4v) is 6.30. The summed E-state index contributed by atoms with van der Waals surface area (Å²) in [4.78, 5) is 11.2. The Bertz CT molecular complexity index is 1520. The van der Waals surface area contributed by atoms with E-state index in [-0.39, 0.29) is 0 Å². The highest BCUT2D eigenvalue weighted by Gasteiger charge is 2.19. The van der Waals surface area contributed by atoms with Gasteiger partial charge in [-0.2, -0.15) is 0 Å². The van der Waals surface area contributed by atoms with Crippen LogP contribution in [0.25, 0.3) is 43.6 Å². The molecule has 2 aromatic carbocycles. The lowest BCUT2D eigenvalue weighted by Gasteiger charge is -2.26. The molecule has 0 amide bonds. The number of likely N-dealkylation sites (tertiary alicyclic amines) is 1. The summed E-state index contributed by atoms with van der Waals surface area (Å²) in [6.45, 7) is 6.56. The Morgan fingerprint density at radius 3 is 2.53 bits per heavy atom. The molecular formula is C29H32N4O2S. The summed E-state index contributed by atoms with van der Waals surface area (Å²) in [6.07, 6.45) is 6.26. The van der Waals surface area contributed by atoms with Crippen molar-refractivity contribution >= 4 is 33.1 Å². The number of nitrogens with one attached hydrogen (secondary N) is 1. The Kier molecular flexibility index (Phi) is 6.19. The first kappa shape index (κ1) is 23.1. The average Bonchev–Trinajstić information content (AvgIpc) is 3.61. The fourth-order valence-electron chi connectivity index (χ4n) is 5.46. The van der Waals surface area contributed by atoms with E-state index in [1.807, 2.05) is 12.1 Å². The zero-order chi connectivity index (χ0) is 24.6. The molecule has 7 heteroatoms. The number of aromatic amines is 1. The first-order chi connectivity index (χ1) is 17.6. The molecule has 1 N–H and O–H groups in total. The first-order valence-corrected chi connectivity index (χ1v) is 13.5. The van der Waals surface area contributed by atoms with Crippen molar-refractivity contribution in [2.45, 2.75) is 32.7 Å². The molecule has 0 bridgehead atoms. The van der Waals surface area contributed by atoms with Crippen LogP contribution in [0.15, 0.2) is 48.0 Å². The molecule has 1 aliphatic heterocycles. The quantitative estimate of drug-likeness (QED) is 0.269. The number of aromatic nitrogens is 3. The Hall–Kier alpha value is -3.29. The standard InChI is InChI=1S/C29H32N4O2S/c1-19-28(23-15-20(34-2)8-10-25(23)30-19)26-18-36-29(31-26)24-17-33(14-13-32-11-5-4-6-12-32)27-16-21(35-3)7-9-22(24)27/h7-10,15-18,30H,4-6,11-14H2,1-3H3. The Morgan fingerprint density at radius 2 is 1.72 bits per heavy atom. The summed E-state index contributed by atoms with van der Waals surface area (Å²) in [5.41, 5.74) is 6.73. The van der Waals surface area contributed by atoms with Crippen molar-refractivity contribution in [2.75, 3.05) is 33.9 Å². The first-order valence-electron chi connectivity index (χ1n) is 12.7. The summed E-state index contributed by atoms with van der Waals surface area (Å²) < 4.78 is 13.4. The maximum atomic E-state index is 5.56. The van der Waals surface area contributed by atoms with Gasteiger partial charge in [0.1, 0.15) is 16.5 Å². The van der Waals surface area contributed by atoms with Gasteiger partial charge in [-0.25, -0.2) is 4.98 Å². The van der Waals surface area contributed by atoms with E-state index >= 15 is 0 Å². The number of nitrogens with zero attached hydrogens (tertiary/aromatic N) is 3. The van der Waals surface area contributed by atoms with Crippen LogP contribution in [0, 0.1) is 6.92 Å². The Labute approximate surface area is 215 Å². The van der Waals surface area contributed by atoms with Crippen molar-refractivity contribution in [1.29, 1.82) is 0 Å². The van der Waals surface area contributed by atoms with Gasteiger partial charge >= 0.3 is 0 Å². The lowest BCUT2D eigenvalue weighted by atomic mass is 10.1. The third kappa shape index (κ3) is 4.16. The molecule has 0 radical (unpaired) electrons. The number of H-pyrrole nitrogens is 1. The summed E-state index contributed by atoms with van der Waals surface area (Å²) in [7, 11) is 3.44. The Balaban J connectivity index is 1.39. The number of aryl methyl sites for hydroxylation is 1. The van der Waals surface area contributed by atoms with E-state index in [4.69, 9.17) is 14.5 Å². The number of hydrogen-bond donors (Lipinski definition) is 1. The fraction of sp³-hybridized carbons (Fsp3) is 0.345. The number of rotatable bonds is 7. The third-order valence-corrected chi connectivity index (χ3v) is 8.25. The van der Waals surface area contributed by atoms with Gasteiger partial charge in [0.05, 0.1) is 25.4 Å². The molecule has 5 aromatic rings. The molecule has 1 fully saturated rings. The molecule has 1 saturated heterocycles. The molecular weight excluding hydrogens is 468 g/mol. The van der Waals surface area contributed by atoms with E-state index in [0.717, 1.165) is 57.5 Å². The zero-order valence-electron chi connectivity index (χ0n) is 21.1. The molecule has 0 spiro atoms. The normalized spacial score (nSPS) is 14.6. The average molecular weight is 501 g/mol. The topological polar surface area (TPSA) is 55.3 Å². The second-order valence-corrected chi connectivity index (χ2v) is 10.5. The smallest absolute Gasteiger partial charge is 0.126 e. The van der Waals surface area contributed by atoms with Crippen LogP contribution in [-0.4, -0.2) is 53.3 Å². The number of hydrogen-bond acceptors (Lipinski definition) is 5. The van der Waals surface area contributed by atoms with E-state index in [2.05, 4.69) is 57.2 Å². The summed E-state index contributed by atoms with van der Waals surface area (Å²) in [6, 6.07) is 12.5. The minimum atomic E-state index is 0.851. The van der Waals surface area contributed by atoms with Gasteiger partial charge in [-0.1, -0.05) is 6.42 Å². The number of methoxy groups -OCH3 is 2. The molecule has 0 atom stereocenters. The van der Waals surface area contributed by atoms with Crippen molar-refractivity contribution < 1.29 is 9.47 Å². The van der Waals surface area contributed by atoms with Gasteiger partial charge in [-0.3, -0.25) is 0 Å². The molecule has 186 valence electrons. The minimum Gasteiger partial charge on any atom is -0.497 e. The molecule has 3 aromatic heterocycles. The maximum absolute atomic E-state index is 5.56. The second kappa shape index (κ2) is 9.64. The molecule has 0 saturated carbocycles. The molecule has 6 nitrogen and oxygen atoms in total. The van der Waals surface area contributed by atoms with Gasteiger partial charge in [0.25, 0.3) is 0 Å². The van der Waals surface area contributed by atoms with Crippen LogP contribution in [-0.2, 0) is 6.54 Å². The van der Waals surface area contributed by atoms with Crippen LogP contribution in [0.1, 0.15) is 25.0 Å². The highest BCUT2D eigenvalue weighted by Crippen LogP contribution is 2.39. The van der Waals surface area contributed by atoms with Crippen molar-refractivity contribution in [3.8, 4) is 33.3 Å². The lowest BCUT2D eigenvalue weighted by Crippen LogP contribution is -2.32. The summed E-state index contributed by atoms with van der Waals surface area (Å²) in [5, 5.41) is 5.56. The monoisotopic (exact) mass is 500 g/mol. The molecule has 4 heterocycles. The van der Waals surface area contributed by atoms with Gasteiger partial charge in [0.15, 0.2) is 0 Å². The zero-order valence-corrected chi connectivity index (χ0v) is 22.0. The van der Waals surface area contributed by atoms with Gasteiger partial charge in [0.2, 0.25) is 0 Å². The number of ether oxygens (including phenoxy) is 2. The van der Waals surface area contributed by atoms with E-state index in [0.29, 0.717) is 0 Å². The van der Waals surface area contributed by atoms with Crippen LogP contribution in [0.5, 0.6) is 11.5 Å². The number of thiazole rings is 1. The van der Waals surface area contributed by atoms with Gasteiger partial charge in [-0.05, 0) is 63.2 Å². The van der Waals surface area contributed by atoms with E-state index in [1.54, 1.807) is 25.6 Å². The van der Waals surface area contributed by atoms with Crippen LogP contribution < -0.4 is 9.47 Å². The van der Waals surface area contributed by atoms with Crippen molar-refractivity contribution in [1.82, 2.24) is 19.4 Å². The van der Waals surface area contributed by atoms with Crippen LogP contribution in [0.4, 0.5) is 0 Å². The maximum Gasteiger partial charge on any atom is 0.126 e. The largest absolute Gasteiger partial charge is 0.497 e. The molecule has 1 aliphatic rings. The van der Waals surface area contributed by atoms with E-state index < -0.39 is 0 Å². The van der Waals surface area contributed by atoms with Crippen LogP contribution in [0.2, 0.25) is 0 Å². The molecule has 0 aliphatic carbocycles. The number of piperidine rings is 1. The highest BCUT2D eigenvalue weighted by atomic mass is 32.1. The van der Waals surface area contributed by atoms with Gasteiger partial charge in [0, 0.05) is 63.8 Å². The van der Waals surface area contributed by atoms with Gasteiger partial charge < -0.3 is 23.9 Å². The van der Waals surface area contributed by atoms with Crippen molar-refractivity contribution in [3.63, 3.8) is 0 Å². The summed E-state index contributed by atoms with van der Waals surface area (Å²) in [5.74, 6) is 1.73. The second-order valence-electron chi connectivity index (χ2n) is 9.60. The Morgan fingerprint density at radius 1 is 0.944 bits per heavy atom. The third-order valence-electron chi connectivity index (χ3n) is 7.38. The predicted molar refractivity (Wildman–Crippen MR) is 148 cm³/mol. The van der Waals surface area contributed by atoms with Crippen molar-refractivity contribution in [2.24, 2.45) is 0 Å². The van der Waals surface area contributed by atoms with Crippen LogP contribution >= 0.6 is 11.3 Å². The summed E-state index contributed by atoms with van der Waals surface area (Å²) >= 11 is 1.70.